The highest BCUT2D eigenvalue weighted by molar-refractivity contribution is 9.10. The molecular weight excluding hydrogens is 336 g/mol. The third-order valence-corrected chi connectivity index (χ3v) is 4.46. The van der Waals surface area contributed by atoms with E-state index in [0.717, 1.165) is 25.8 Å². The molecule has 2 rings (SSSR count). The first-order chi connectivity index (χ1) is 10.0. The summed E-state index contributed by atoms with van der Waals surface area (Å²) in [6, 6.07) is 3.66. The number of rotatable bonds is 5. The summed E-state index contributed by atoms with van der Waals surface area (Å²) < 4.78 is 5.63. The number of pyridine rings is 1. The summed E-state index contributed by atoms with van der Waals surface area (Å²) in [4.78, 5) is 18.2. The highest BCUT2D eigenvalue weighted by Crippen LogP contribution is 2.28. The third-order valence-electron chi connectivity index (χ3n) is 3.82. The smallest absolute Gasteiger partial charge is 0.358 e. The molecule has 0 amide bonds. The number of ether oxygens (including phenoxy) is 1. The Bertz CT molecular complexity index is 510. The zero-order valence-corrected chi connectivity index (χ0v) is 14.0. The van der Waals surface area contributed by atoms with Crippen LogP contribution in [0.25, 0.3) is 0 Å². The average molecular weight is 357 g/mol. The minimum atomic E-state index is -0.430. The molecule has 1 saturated carbocycles. The van der Waals surface area contributed by atoms with Gasteiger partial charge in [-0.05, 0) is 47.8 Å². The molecule has 116 valence electrons. The number of aliphatic hydroxyl groups is 1. The summed E-state index contributed by atoms with van der Waals surface area (Å²) in [6.45, 7) is 2.82. The van der Waals surface area contributed by atoms with Gasteiger partial charge in [0.2, 0.25) is 0 Å². The maximum absolute atomic E-state index is 11.9. The fourth-order valence-electron chi connectivity index (χ4n) is 2.66. The van der Waals surface area contributed by atoms with Crippen molar-refractivity contribution in [3.05, 3.63) is 22.3 Å². The molecule has 0 aromatic carbocycles. The Morgan fingerprint density at radius 2 is 2.29 bits per heavy atom. The quantitative estimate of drug-likeness (QED) is 0.821. The van der Waals surface area contributed by atoms with Crippen LogP contribution in [0.5, 0.6) is 0 Å². The van der Waals surface area contributed by atoms with Crippen molar-refractivity contribution >= 4 is 27.7 Å². The summed E-state index contributed by atoms with van der Waals surface area (Å²) in [5, 5.41) is 9.91. The first-order valence-electron chi connectivity index (χ1n) is 7.25. The molecular formula is C15H21BrN2O3. The predicted octanol–water partition coefficient (Wildman–Crippen LogP) is 2.62. The van der Waals surface area contributed by atoms with E-state index in [2.05, 4.69) is 20.9 Å². The summed E-state index contributed by atoms with van der Waals surface area (Å²) >= 11 is 3.33. The Hall–Kier alpha value is -1.14. The van der Waals surface area contributed by atoms with E-state index in [0.29, 0.717) is 16.9 Å². The van der Waals surface area contributed by atoms with Gasteiger partial charge in [-0.15, -0.1) is 0 Å². The molecule has 2 atom stereocenters. The number of halogens is 1. The maximum Gasteiger partial charge on any atom is 0.358 e. The summed E-state index contributed by atoms with van der Waals surface area (Å²) in [6.07, 6.45) is 2.75. The second-order valence-electron chi connectivity index (χ2n) is 5.36. The first kappa shape index (κ1) is 16.2. The van der Waals surface area contributed by atoms with E-state index < -0.39 is 5.97 Å². The van der Waals surface area contributed by atoms with Gasteiger partial charge in [-0.1, -0.05) is 6.42 Å². The van der Waals surface area contributed by atoms with E-state index in [1.54, 1.807) is 13.0 Å². The van der Waals surface area contributed by atoms with Crippen LogP contribution in [0.3, 0.4) is 0 Å². The van der Waals surface area contributed by atoms with Gasteiger partial charge in [-0.3, -0.25) is 0 Å². The number of hydrogen-bond donors (Lipinski definition) is 1. The highest BCUT2D eigenvalue weighted by Gasteiger charge is 2.27. The monoisotopic (exact) mass is 356 g/mol. The second-order valence-corrected chi connectivity index (χ2v) is 6.21. The van der Waals surface area contributed by atoms with Crippen LogP contribution in [0.1, 0.15) is 36.7 Å². The number of carbonyl (C=O) groups is 1. The number of hydrogen-bond acceptors (Lipinski definition) is 5. The molecule has 1 N–H and O–H groups in total. The van der Waals surface area contributed by atoms with Gasteiger partial charge in [-0.25, -0.2) is 9.78 Å². The molecule has 1 aromatic rings. The van der Waals surface area contributed by atoms with Crippen molar-refractivity contribution in [2.45, 2.75) is 32.3 Å². The van der Waals surface area contributed by atoms with E-state index in [-0.39, 0.29) is 17.7 Å². The van der Waals surface area contributed by atoms with Gasteiger partial charge >= 0.3 is 5.97 Å². The van der Waals surface area contributed by atoms with Crippen molar-refractivity contribution in [3.63, 3.8) is 0 Å². The average Bonchev–Trinajstić information content (AvgIpc) is 2.85. The fourth-order valence-corrected chi connectivity index (χ4v) is 3.05. The molecule has 0 saturated heterocycles. The van der Waals surface area contributed by atoms with Crippen LogP contribution >= 0.6 is 15.9 Å². The topological polar surface area (TPSA) is 62.7 Å². The van der Waals surface area contributed by atoms with Crippen LogP contribution in [-0.2, 0) is 4.74 Å². The molecule has 6 heteroatoms. The number of anilines is 1. The lowest BCUT2D eigenvalue weighted by Crippen LogP contribution is -2.30. The Labute approximate surface area is 133 Å². The van der Waals surface area contributed by atoms with Gasteiger partial charge < -0.3 is 14.7 Å². The molecule has 21 heavy (non-hydrogen) atoms. The molecule has 5 nitrogen and oxygen atoms in total. The summed E-state index contributed by atoms with van der Waals surface area (Å²) in [5.41, 5.74) is 0.285. The molecule has 0 aliphatic heterocycles. The SMILES string of the molecule is CCOC(=O)c1nc(N(C)CC2CCCC2O)ccc1Br. The van der Waals surface area contributed by atoms with Crippen LogP contribution in [0.4, 0.5) is 5.82 Å². The molecule has 1 aliphatic rings. The van der Waals surface area contributed by atoms with E-state index in [1.807, 2.05) is 18.0 Å². The molecule has 2 unspecified atom stereocenters. The van der Waals surface area contributed by atoms with Crippen molar-refractivity contribution in [2.75, 3.05) is 25.1 Å². The molecule has 0 bridgehead atoms. The number of aliphatic hydroxyl groups excluding tert-OH is 1. The lowest BCUT2D eigenvalue weighted by molar-refractivity contribution is 0.0518. The minimum absolute atomic E-state index is 0.229. The van der Waals surface area contributed by atoms with Crippen molar-refractivity contribution in [2.24, 2.45) is 5.92 Å². The first-order valence-corrected chi connectivity index (χ1v) is 8.05. The number of nitrogens with zero attached hydrogens (tertiary/aromatic N) is 2. The fraction of sp³-hybridized carbons (Fsp3) is 0.600. The van der Waals surface area contributed by atoms with E-state index in [4.69, 9.17) is 4.74 Å². The van der Waals surface area contributed by atoms with Gasteiger partial charge in [0, 0.05) is 19.5 Å². The summed E-state index contributed by atoms with van der Waals surface area (Å²) in [7, 11) is 1.93. The van der Waals surface area contributed by atoms with Crippen molar-refractivity contribution in [1.82, 2.24) is 4.98 Å². The highest BCUT2D eigenvalue weighted by atomic mass is 79.9. The normalized spacial score (nSPS) is 21.3. The zero-order valence-electron chi connectivity index (χ0n) is 12.4. The maximum atomic E-state index is 11.9. The number of aromatic nitrogens is 1. The summed E-state index contributed by atoms with van der Waals surface area (Å²) in [5.74, 6) is 0.548. The van der Waals surface area contributed by atoms with E-state index >= 15 is 0 Å². The van der Waals surface area contributed by atoms with Crippen molar-refractivity contribution < 1.29 is 14.6 Å². The van der Waals surface area contributed by atoms with E-state index in [1.165, 1.54) is 0 Å². The predicted molar refractivity (Wildman–Crippen MR) is 84.5 cm³/mol. The Morgan fingerprint density at radius 3 is 2.90 bits per heavy atom. The van der Waals surface area contributed by atoms with Gasteiger partial charge in [0.1, 0.15) is 5.82 Å². The van der Waals surface area contributed by atoms with Gasteiger partial charge in [-0.2, -0.15) is 0 Å². The lowest BCUT2D eigenvalue weighted by atomic mass is 10.1. The van der Waals surface area contributed by atoms with Crippen LogP contribution in [-0.4, -0.2) is 42.4 Å². The Morgan fingerprint density at radius 1 is 1.52 bits per heavy atom. The van der Waals surface area contributed by atoms with Crippen LogP contribution < -0.4 is 4.90 Å². The molecule has 1 aliphatic carbocycles. The van der Waals surface area contributed by atoms with Gasteiger partial charge in [0.15, 0.2) is 5.69 Å². The van der Waals surface area contributed by atoms with Crippen molar-refractivity contribution in [1.29, 1.82) is 0 Å². The standard InChI is InChI=1S/C15H21BrN2O3/c1-3-21-15(20)14-11(16)7-8-13(17-14)18(2)9-10-5-4-6-12(10)19/h7-8,10,12,19H,3-6,9H2,1-2H3. The Kier molecular flexibility index (Phi) is 5.58. The number of esters is 1. The van der Waals surface area contributed by atoms with Crippen LogP contribution in [0, 0.1) is 5.92 Å². The largest absolute Gasteiger partial charge is 0.461 e. The molecule has 0 radical (unpaired) electrons. The van der Waals surface area contributed by atoms with Crippen LogP contribution in [0.15, 0.2) is 16.6 Å². The number of carbonyl (C=O) groups excluding carboxylic acids is 1. The van der Waals surface area contributed by atoms with E-state index in [9.17, 15) is 9.90 Å². The third kappa shape index (κ3) is 3.95. The minimum Gasteiger partial charge on any atom is -0.461 e. The molecule has 1 heterocycles. The van der Waals surface area contributed by atoms with Gasteiger partial charge in [0.05, 0.1) is 17.2 Å². The second kappa shape index (κ2) is 7.22. The van der Waals surface area contributed by atoms with Gasteiger partial charge in [0.25, 0.3) is 0 Å². The van der Waals surface area contributed by atoms with Crippen LogP contribution in [0.2, 0.25) is 0 Å². The van der Waals surface area contributed by atoms with Crippen molar-refractivity contribution in [3.8, 4) is 0 Å². The molecule has 1 fully saturated rings. The molecule has 0 spiro atoms. The molecule has 1 aromatic heterocycles. The lowest BCUT2D eigenvalue weighted by Gasteiger charge is -2.24. The zero-order chi connectivity index (χ0) is 15.4. The Balaban J connectivity index is 2.12.